The molecule has 1 rings (SSSR count). The summed E-state index contributed by atoms with van der Waals surface area (Å²) in [4.78, 5) is 18.4. The number of amides is 1. The third kappa shape index (κ3) is 3.13. The standard InChI is InChI=1S/C6H8BrN5OS/c7-3-1-10-6(12-9)11-5(3)14-2-4(8)13/h1H,2,9H2,(H2,8,13)(H,10,11,12). The van der Waals surface area contributed by atoms with Crippen molar-refractivity contribution >= 4 is 39.5 Å². The molecule has 5 N–H and O–H groups in total. The number of nitrogens with one attached hydrogen (secondary N) is 1. The van der Waals surface area contributed by atoms with Crippen LogP contribution >= 0.6 is 27.7 Å². The average molecular weight is 278 g/mol. The summed E-state index contributed by atoms with van der Waals surface area (Å²) in [6, 6.07) is 0. The Balaban J connectivity index is 2.78. The van der Waals surface area contributed by atoms with E-state index in [1.54, 1.807) is 6.20 Å². The Morgan fingerprint density at radius 3 is 3.00 bits per heavy atom. The molecule has 0 aliphatic heterocycles. The van der Waals surface area contributed by atoms with E-state index in [0.29, 0.717) is 15.4 Å². The number of hydrogen-bond acceptors (Lipinski definition) is 6. The van der Waals surface area contributed by atoms with Crippen LogP contribution in [0.2, 0.25) is 0 Å². The van der Waals surface area contributed by atoms with E-state index >= 15 is 0 Å². The summed E-state index contributed by atoms with van der Waals surface area (Å²) in [5, 5.41) is 0.617. The van der Waals surface area contributed by atoms with Gasteiger partial charge < -0.3 is 5.73 Å². The molecule has 1 aromatic rings. The van der Waals surface area contributed by atoms with E-state index in [2.05, 4.69) is 31.3 Å². The van der Waals surface area contributed by atoms with Crippen LogP contribution in [0.4, 0.5) is 5.95 Å². The summed E-state index contributed by atoms with van der Waals surface area (Å²) >= 11 is 4.46. The fourth-order valence-corrected chi connectivity index (χ4v) is 1.82. The molecule has 1 aromatic heterocycles. The van der Waals surface area contributed by atoms with E-state index in [1.807, 2.05) is 0 Å². The van der Waals surface area contributed by atoms with E-state index < -0.39 is 5.91 Å². The third-order valence-electron chi connectivity index (χ3n) is 1.19. The van der Waals surface area contributed by atoms with Crippen LogP contribution in [0.15, 0.2) is 15.7 Å². The Morgan fingerprint density at radius 2 is 2.43 bits per heavy atom. The van der Waals surface area contributed by atoms with Gasteiger partial charge in [-0.3, -0.25) is 10.2 Å². The molecule has 1 heterocycles. The minimum atomic E-state index is -0.400. The van der Waals surface area contributed by atoms with Crippen molar-refractivity contribution in [3.8, 4) is 0 Å². The van der Waals surface area contributed by atoms with Crippen LogP contribution < -0.4 is 17.0 Å². The minimum Gasteiger partial charge on any atom is -0.369 e. The maximum atomic E-state index is 10.5. The van der Waals surface area contributed by atoms with E-state index in [9.17, 15) is 4.79 Å². The SMILES string of the molecule is NNc1ncc(Br)c(SCC(N)=O)n1. The molecule has 14 heavy (non-hydrogen) atoms. The molecule has 0 aliphatic carbocycles. The fraction of sp³-hybridized carbons (Fsp3) is 0.167. The highest BCUT2D eigenvalue weighted by molar-refractivity contribution is 9.10. The Bertz CT molecular complexity index is 347. The van der Waals surface area contributed by atoms with Crippen molar-refractivity contribution in [1.82, 2.24) is 9.97 Å². The maximum Gasteiger partial charge on any atom is 0.238 e. The second-order valence-corrected chi connectivity index (χ2v) is 4.06. The lowest BCUT2D eigenvalue weighted by Gasteiger charge is -2.03. The summed E-state index contributed by atoms with van der Waals surface area (Å²) in [5.74, 6) is 5.19. The van der Waals surface area contributed by atoms with Crippen molar-refractivity contribution in [3.05, 3.63) is 10.7 Å². The van der Waals surface area contributed by atoms with Gasteiger partial charge in [0.25, 0.3) is 0 Å². The zero-order valence-corrected chi connectivity index (χ0v) is 9.43. The van der Waals surface area contributed by atoms with Gasteiger partial charge in [0.15, 0.2) is 0 Å². The molecule has 0 fully saturated rings. The Morgan fingerprint density at radius 1 is 1.71 bits per heavy atom. The lowest BCUT2D eigenvalue weighted by atomic mass is 10.7. The number of carbonyl (C=O) groups excluding carboxylic acids is 1. The third-order valence-corrected chi connectivity index (χ3v) is 3.05. The molecular weight excluding hydrogens is 270 g/mol. The number of nitrogen functional groups attached to an aromatic ring is 1. The Labute approximate surface area is 93.0 Å². The van der Waals surface area contributed by atoms with Gasteiger partial charge in [-0.15, -0.1) is 0 Å². The molecule has 0 aliphatic rings. The number of rotatable bonds is 4. The second kappa shape index (κ2) is 5.13. The summed E-state index contributed by atoms with van der Waals surface area (Å²) in [6.45, 7) is 0. The summed E-state index contributed by atoms with van der Waals surface area (Å²) < 4.78 is 0.697. The first-order valence-electron chi connectivity index (χ1n) is 3.53. The predicted octanol–water partition coefficient (Wildman–Crippen LogP) is 0.102. The van der Waals surface area contributed by atoms with Crippen molar-refractivity contribution in [3.63, 3.8) is 0 Å². The molecule has 0 atom stereocenters. The Hall–Kier alpha value is -0.860. The molecular formula is C6H8BrN5OS. The minimum absolute atomic E-state index is 0.166. The smallest absolute Gasteiger partial charge is 0.238 e. The molecule has 0 aromatic carbocycles. The molecule has 8 heteroatoms. The highest BCUT2D eigenvalue weighted by Gasteiger charge is 2.06. The number of thioether (sulfide) groups is 1. The van der Waals surface area contributed by atoms with Crippen molar-refractivity contribution in [2.45, 2.75) is 5.03 Å². The zero-order chi connectivity index (χ0) is 10.6. The van der Waals surface area contributed by atoms with Crippen molar-refractivity contribution in [2.24, 2.45) is 11.6 Å². The van der Waals surface area contributed by atoms with Gasteiger partial charge in [0.1, 0.15) is 5.03 Å². The topological polar surface area (TPSA) is 107 Å². The molecule has 0 spiro atoms. The number of hydrazine groups is 1. The van der Waals surface area contributed by atoms with E-state index in [1.165, 1.54) is 11.8 Å². The lowest BCUT2D eigenvalue weighted by Crippen LogP contribution is -2.14. The molecule has 1 amide bonds. The first kappa shape index (κ1) is 11.2. The van der Waals surface area contributed by atoms with Gasteiger partial charge in [-0.25, -0.2) is 15.8 Å². The quantitative estimate of drug-likeness (QED) is 0.312. The van der Waals surface area contributed by atoms with Crippen LogP contribution in [-0.2, 0) is 4.79 Å². The molecule has 76 valence electrons. The van der Waals surface area contributed by atoms with Crippen molar-refractivity contribution < 1.29 is 4.79 Å². The second-order valence-electron chi connectivity index (χ2n) is 2.25. The number of anilines is 1. The van der Waals surface area contributed by atoms with E-state index in [-0.39, 0.29) is 5.75 Å². The summed E-state index contributed by atoms with van der Waals surface area (Å²) in [5.41, 5.74) is 7.31. The molecule has 0 saturated carbocycles. The van der Waals surface area contributed by atoms with E-state index in [0.717, 1.165) is 0 Å². The molecule has 0 radical (unpaired) electrons. The number of primary amides is 1. The van der Waals surface area contributed by atoms with E-state index in [4.69, 9.17) is 11.6 Å². The summed E-state index contributed by atoms with van der Waals surface area (Å²) in [7, 11) is 0. The van der Waals surface area contributed by atoms with Crippen LogP contribution in [0.25, 0.3) is 0 Å². The highest BCUT2D eigenvalue weighted by atomic mass is 79.9. The van der Waals surface area contributed by atoms with Crippen LogP contribution in [0.1, 0.15) is 0 Å². The van der Waals surface area contributed by atoms with Crippen LogP contribution in [0, 0.1) is 0 Å². The number of nitrogens with two attached hydrogens (primary N) is 2. The average Bonchev–Trinajstić information content (AvgIpc) is 2.16. The van der Waals surface area contributed by atoms with Gasteiger partial charge in [0.2, 0.25) is 11.9 Å². The maximum absolute atomic E-state index is 10.5. The van der Waals surface area contributed by atoms with Gasteiger partial charge in [-0.05, 0) is 15.9 Å². The normalized spacial score (nSPS) is 9.86. The molecule has 0 unspecified atom stereocenters. The Kier molecular flexibility index (Phi) is 4.11. The van der Waals surface area contributed by atoms with Crippen molar-refractivity contribution in [1.29, 1.82) is 0 Å². The zero-order valence-electron chi connectivity index (χ0n) is 7.03. The van der Waals surface area contributed by atoms with Crippen LogP contribution in [0.3, 0.4) is 0 Å². The monoisotopic (exact) mass is 277 g/mol. The number of aromatic nitrogens is 2. The first-order chi connectivity index (χ1) is 6.63. The number of carbonyl (C=O) groups is 1. The molecule has 0 bridgehead atoms. The molecule has 0 saturated heterocycles. The predicted molar refractivity (Wildman–Crippen MR) is 57.5 cm³/mol. The highest BCUT2D eigenvalue weighted by Crippen LogP contribution is 2.24. The fourth-order valence-electron chi connectivity index (χ4n) is 0.662. The number of nitrogens with zero attached hydrogens (tertiary/aromatic N) is 2. The van der Waals surface area contributed by atoms with Gasteiger partial charge in [0, 0.05) is 6.20 Å². The van der Waals surface area contributed by atoms with Crippen LogP contribution in [0.5, 0.6) is 0 Å². The van der Waals surface area contributed by atoms with Gasteiger partial charge in [-0.1, -0.05) is 11.8 Å². The number of halogens is 1. The van der Waals surface area contributed by atoms with Gasteiger partial charge >= 0.3 is 0 Å². The lowest BCUT2D eigenvalue weighted by molar-refractivity contribution is -0.115. The largest absolute Gasteiger partial charge is 0.369 e. The molecule has 6 nitrogen and oxygen atoms in total. The van der Waals surface area contributed by atoms with Gasteiger partial charge in [-0.2, -0.15) is 0 Å². The first-order valence-corrected chi connectivity index (χ1v) is 5.31. The summed E-state index contributed by atoms with van der Waals surface area (Å²) in [6.07, 6.45) is 1.55. The van der Waals surface area contributed by atoms with Gasteiger partial charge in [0.05, 0.1) is 10.2 Å². The number of hydrogen-bond donors (Lipinski definition) is 3. The van der Waals surface area contributed by atoms with Crippen molar-refractivity contribution in [2.75, 3.05) is 11.2 Å². The van der Waals surface area contributed by atoms with Crippen LogP contribution in [-0.4, -0.2) is 21.6 Å².